The first-order chi connectivity index (χ1) is 14.9. The van der Waals surface area contributed by atoms with Gasteiger partial charge in [-0.05, 0) is 72.3 Å². The molecule has 0 bridgehead atoms. The molecule has 1 heterocycles. The summed E-state index contributed by atoms with van der Waals surface area (Å²) in [5.41, 5.74) is 1.51. The summed E-state index contributed by atoms with van der Waals surface area (Å²) < 4.78 is 17.5. The Kier molecular flexibility index (Phi) is 8.33. The molecule has 1 aliphatic rings. The number of thioether (sulfide) groups is 1. The van der Waals surface area contributed by atoms with Crippen LogP contribution in [0.4, 0.5) is 5.69 Å². The van der Waals surface area contributed by atoms with Crippen LogP contribution in [-0.4, -0.2) is 36.0 Å². The molecule has 0 radical (unpaired) electrons. The number of halogens is 1. The van der Waals surface area contributed by atoms with Gasteiger partial charge in [-0.15, -0.1) is 0 Å². The highest BCUT2D eigenvalue weighted by atomic mass is 127. The number of thiocarbonyl (C=S) groups is 1. The number of rotatable bonds is 8. The molecular weight excluding hydrogens is 549 g/mol. The third kappa shape index (κ3) is 5.78. The average Bonchev–Trinajstić information content (AvgIpc) is 3.01. The van der Waals surface area contributed by atoms with E-state index in [0.717, 1.165) is 14.8 Å². The van der Waals surface area contributed by atoms with E-state index in [1.54, 1.807) is 19.1 Å². The molecule has 0 spiro atoms. The fourth-order valence-corrected chi connectivity index (χ4v) is 4.91. The summed E-state index contributed by atoms with van der Waals surface area (Å²) in [5.74, 6) is 0.333. The monoisotopic (exact) mass is 569 g/mol. The van der Waals surface area contributed by atoms with Gasteiger partial charge in [0.15, 0.2) is 22.4 Å². The van der Waals surface area contributed by atoms with Gasteiger partial charge in [0.25, 0.3) is 5.91 Å². The van der Waals surface area contributed by atoms with Gasteiger partial charge in [0, 0.05) is 0 Å². The lowest BCUT2D eigenvalue weighted by molar-refractivity contribution is -0.145. The quantitative estimate of drug-likeness (QED) is 0.191. The lowest BCUT2D eigenvalue weighted by Crippen LogP contribution is -2.27. The van der Waals surface area contributed by atoms with Gasteiger partial charge in [0.2, 0.25) is 0 Å². The molecule has 1 saturated heterocycles. The van der Waals surface area contributed by atoms with Crippen molar-refractivity contribution in [1.82, 2.24) is 0 Å². The summed E-state index contributed by atoms with van der Waals surface area (Å²) in [6.07, 6.45) is 1.78. The summed E-state index contributed by atoms with van der Waals surface area (Å²) in [6.45, 7) is 4.10. The molecule has 0 saturated carbocycles. The largest absolute Gasteiger partial charge is 0.490 e. The van der Waals surface area contributed by atoms with Crippen LogP contribution in [0, 0.1) is 3.57 Å². The Balaban J connectivity index is 1.87. The lowest BCUT2D eigenvalue weighted by Gasteiger charge is -2.15. The maximum Gasteiger partial charge on any atom is 0.344 e. The van der Waals surface area contributed by atoms with Crippen LogP contribution in [0.5, 0.6) is 11.5 Å². The fraction of sp³-hybridized carbons (Fsp3) is 0.227. The summed E-state index contributed by atoms with van der Waals surface area (Å²) in [6, 6.07) is 12.9. The van der Waals surface area contributed by atoms with Gasteiger partial charge in [-0.2, -0.15) is 0 Å². The van der Waals surface area contributed by atoms with Crippen molar-refractivity contribution in [2.24, 2.45) is 0 Å². The number of carbonyl (C=O) groups excluding carboxylic acids is 2. The van der Waals surface area contributed by atoms with Crippen molar-refractivity contribution in [3.8, 4) is 11.5 Å². The Morgan fingerprint density at radius 3 is 2.58 bits per heavy atom. The maximum atomic E-state index is 13.0. The molecule has 2 aromatic carbocycles. The van der Waals surface area contributed by atoms with Crippen LogP contribution in [-0.2, 0) is 14.3 Å². The molecule has 1 aliphatic heterocycles. The first-order valence-corrected chi connectivity index (χ1v) is 11.8. The number of hydrogen-bond acceptors (Lipinski definition) is 7. The number of ether oxygens (including phenoxy) is 3. The number of nitrogens with zero attached hydrogens (tertiary/aromatic N) is 1. The van der Waals surface area contributed by atoms with Gasteiger partial charge in [-0.25, -0.2) is 4.79 Å². The van der Waals surface area contributed by atoms with Crippen LogP contribution in [0.25, 0.3) is 6.08 Å². The van der Waals surface area contributed by atoms with Gasteiger partial charge in [0.1, 0.15) is 0 Å². The van der Waals surface area contributed by atoms with Gasteiger partial charge in [-0.3, -0.25) is 9.69 Å². The molecule has 1 amide bonds. The molecule has 0 atom stereocenters. The molecular formula is C22H20INO5S2. The highest BCUT2D eigenvalue weighted by Gasteiger charge is 2.33. The minimum atomic E-state index is -0.450. The Labute approximate surface area is 204 Å². The van der Waals surface area contributed by atoms with Crippen molar-refractivity contribution in [2.45, 2.75) is 13.8 Å². The zero-order chi connectivity index (χ0) is 22.4. The van der Waals surface area contributed by atoms with Crippen molar-refractivity contribution in [3.05, 3.63) is 56.5 Å². The molecule has 162 valence electrons. The van der Waals surface area contributed by atoms with Crippen LogP contribution in [0.3, 0.4) is 0 Å². The van der Waals surface area contributed by atoms with Crippen molar-refractivity contribution >= 4 is 74.5 Å². The Hall–Kier alpha value is -2.11. The summed E-state index contributed by atoms with van der Waals surface area (Å²) in [5, 5.41) is 0. The van der Waals surface area contributed by atoms with E-state index in [9.17, 15) is 9.59 Å². The number of amides is 1. The average molecular weight is 569 g/mol. The molecule has 3 rings (SSSR count). The van der Waals surface area contributed by atoms with Gasteiger partial charge >= 0.3 is 5.97 Å². The minimum absolute atomic E-state index is 0.170. The number of benzene rings is 2. The number of hydrogen-bond donors (Lipinski definition) is 0. The minimum Gasteiger partial charge on any atom is -0.490 e. The molecule has 2 aromatic rings. The van der Waals surface area contributed by atoms with Crippen LogP contribution >= 0.6 is 46.6 Å². The Morgan fingerprint density at radius 2 is 1.90 bits per heavy atom. The smallest absolute Gasteiger partial charge is 0.344 e. The highest BCUT2D eigenvalue weighted by Crippen LogP contribution is 2.39. The van der Waals surface area contributed by atoms with Crippen molar-refractivity contribution in [1.29, 1.82) is 0 Å². The topological polar surface area (TPSA) is 65.1 Å². The van der Waals surface area contributed by atoms with Gasteiger partial charge in [-0.1, -0.05) is 42.2 Å². The molecule has 0 N–H and O–H groups in total. The molecule has 0 aliphatic carbocycles. The van der Waals surface area contributed by atoms with Crippen molar-refractivity contribution in [3.63, 3.8) is 0 Å². The highest BCUT2D eigenvalue weighted by molar-refractivity contribution is 14.1. The Morgan fingerprint density at radius 1 is 1.16 bits per heavy atom. The summed E-state index contributed by atoms with van der Waals surface area (Å²) in [4.78, 5) is 26.7. The van der Waals surface area contributed by atoms with Crippen LogP contribution in [0.2, 0.25) is 0 Å². The molecule has 6 nitrogen and oxygen atoms in total. The van der Waals surface area contributed by atoms with E-state index in [1.807, 2.05) is 43.3 Å². The number of para-hydroxylation sites is 1. The summed E-state index contributed by atoms with van der Waals surface area (Å²) >= 11 is 8.79. The van der Waals surface area contributed by atoms with E-state index in [0.29, 0.717) is 27.3 Å². The third-order valence-corrected chi connectivity index (χ3v) is 6.18. The zero-order valence-electron chi connectivity index (χ0n) is 16.9. The molecule has 31 heavy (non-hydrogen) atoms. The first-order valence-electron chi connectivity index (χ1n) is 9.52. The zero-order valence-corrected chi connectivity index (χ0v) is 20.7. The van der Waals surface area contributed by atoms with Gasteiger partial charge < -0.3 is 14.2 Å². The number of anilines is 1. The second kappa shape index (κ2) is 11.0. The van der Waals surface area contributed by atoms with E-state index in [2.05, 4.69) is 22.6 Å². The van der Waals surface area contributed by atoms with Crippen molar-refractivity contribution in [2.75, 3.05) is 24.7 Å². The molecule has 9 heteroatoms. The maximum absolute atomic E-state index is 13.0. The van der Waals surface area contributed by atoms with Crippen LogP contribution in [0.1, 0.15) is 19.4 Å². The predicted octanol–water partition coefficient (Wildman–Crippen LogP) is 5.04. The summed E-state index contributed by atoms with van der Waals surface area (Å²) in [7, 11) is 0. The van der Waals surface area contributed by atoms with E-state index >= 15 is 0 Å². The van der Waals surface area contributed by atoms with Gasteiger partial charge in [0.05, 0.1) is 27.4 Å². The van der Waals surface area contributed by atoms with Crippen LogP contribution < -0.4 is 14.4 Å². The second-order valence-corrected chi connectivity index (χ2v) is 9.05. The molecule has 0 unspecified atom stereocenters. The molecule has 1 fully saturated rings. The van der Waals surface area contributed by atoms with Crippen molar-refractivity contribution < 1.29 is 23.8 Å². The van der Waals surface area contributed by atoms with E-state index in [4.69, 9.17) is 26.4 Å². The number of esters is 1. The Bertz CT molecular complexity index is 1030. The second-order valence-electron chi connectivity index (χ2n) is 6.21. The van der Waals surface area contributed by atoms with Crippen LogP contribution in [0.15, 0.2) is 47.4 Å². The fourth-order valence-electron chi connectivity index (χ4n) is 2.83. The van der Waals surface area contributed by atoms with E-state index in [1.165, 1.54) is 16.7 Å². The number of carbonyl (C=O) groups is 2. The SMILES string of the molecule is CCOC(=O)COc1c(I)cc(/C=C2/SC(=S)N(c3ccccc3)C2=O)cc1OCC. The predicted molar refractivity (Wildman–Crippen MR) is 135 cm³/mol. The van der Waals surface area contributed by atoms with E-state index < -0.39 is 5.97 Å². The normalized spacial score (nSPS) is 14.8. The first kappa shape index (κ1) is 23.6. The third-order valence-electron chi connectivity index (χ3n) is 4.08. The molecule has 0 aromatic heterocycles. The van der Waals surface area contributed by atoms with E-state index in [-0.39, 0.29) is 19.1 Å². The standard InChI is InChI=1S/C22H20INO5S2/c1-3-27-17-11-14(10-16(23)20(17)29-13-19(25)28-4-2)12-18-21(26)24(22(30)31-18)15-8-6-5-7-9-15/h5-12H,3-4,13H2,1-2H3/b18-12+. The lowest BCUT2D eigenvalue weighted by atomic mass is 10.1.